The highest BCUT2D eigenvalue weighted by molar-refractivity contribution is 7.89. The van der Waals surface area contributed by atoms with Crippen LogP contribution in [0.5, 0.6) is 0 Å². The molecular weight excluding hydrogens is 294 g/mol. The van der Waals surface area contributed by atoms with E-state index in [1.165, 1.54) is 0 Å². The molecule has 0 aromatic rings. The molecule has 10 heteroatoms. The molecule has 0 amide bonds. The second-order valence-corrected chi connectivity index (χ2v) is 5.81. The maximum atomic E-state index is 11.6. The molecule has 0 fully saturated rings. The molecule has 3 N–H and O–H groups in total. The SMILES string of the molecule is COC(=O)CCS(=O)(=O)N[C@H](CCCC(=O)O)C(=O)O. The first-order chi connectivity index (χ1) is 9.18. The van der Waals surface area contributed by atoms with E-state index >= 15 is 0 Å². The van der Waals surface area contributed by atoms with Gasteiger partial charge in [-0.15, -0.1) is 0 Å². The monoisotopic (exact) mass is 311 g/mol. The van der Waals surface area contributed by atoms with Gasteiger partial charge in [0.15, 0.2) is 0 Å². The van der Waals surface area contributed by atoms with Crippen molar-refractivity contribution in [2.75, 3.05) is 12.9 Å². The number of carboxylic acid groups (broad SMARTS) is 2. The number of nitrogens with one attached hydrogen (secondary N) is 1. The molecule has 0 rings (SSSR count). The van der Waals surface area contributed by atoms with Crippen molar-refractivity contribution in [3.05, 3.63) is 0 Å². The van der Waals surface area contributed by atoms with Gasteiger partial charge in [-0.1, -0.05) is 0 Å². The van der Waals surface area contributed by atoms with Gasteiger partial charge in [0.2, 0.25) is 10.0 Å². The Kier molecular flexibility index (Phi) is 7.77. The number of ether oxygens (including phenoxy) is 1. The van der Waals surface area contributed by atoms with Crippen molar-refractivity contribution in [3.8, 4) is 0 Å². The summed E-state index contributed by atoms with van der Waals surface area (Å²) in [6.45, 7) is 0. The van der Waals surface area contributed by atoms with Crippen molar-refractivity contribution in [1.29, 1.82) is 0 Å². The standard InChI is InChI=1S/C10H17NO8S/c1-19-9(14)5-6-20(17,18)11-7(10(15)16)3-2-4-8(12)13/h7,11H,2-6H2,1H3,(H,12,13)(H,15,16)/t7-/m1/s1. The van der Waals surface area contributed by atoms with E-state index in [0.29, 0.717) is 0 Å². The zero-order valence-corrected chi connectivity index (χ0v) is 11.7. The van der Waals surface area contributed by atoms with Crippen LogP contribution in [0.15, 0.2) is 0 Å². The number of sulfonamides is 1. The summed E-state index contributed by atoms with van der Waals surface area (Å²) < 4.78 is 29.3. The first-order valence-corrected chi connectivity index (χ1v) is 7.34. The number of carbonyl (C=O) groups is 3. The van der Waals surface area contributed by atoms with Crippen molar-refractivity contribution in [2.24, 2.45) is 0 Å². The van der Waals surface area contributed by atoms with E-state index in [-0.39, 0.29) is 19.3 Å². The number of hydrogen-bond acceptors (Lipinski definition) is 6. The first-order valence-electron chi connectivity index (χ1n) is 5.69. The third kappa shape index (κ3) is 8.43. The van der Waals surface area contributed by atoms with E-state index in [1.54, 1.807) is 0 Å². The maximum Gasteiger partial charge on any atom is 0.321 e. The lowest BCUT2D eigenvalue weighted by molar-refractivity contribution is -0.140. The van der Waals surface area contributed by atoms with Gasteiger partial charge >= 0.3 is 17.9 Å². The van der Waals surface area contributed by atoms with Gasteiger partial charge in [0.1, 0.15) is 6.04 Å². The van der Waals surface area contributed by atoms with Gasteiger partial charge < -0.3 is 14.9 Å². The molecule has 0 aliphatic heterocycles. The van der Waals surface area contributed by atoms with Gasteiger partial charge in [0.05, 0.1) is 19.3 Å². The Morgan fingerprint density at radius 2 is 1.80 bits per heavy atom. The quantitative estimate of drug-likeness (QED) is 0.443. The third-order valence-electron chi connectivity index (χ3n) is 2.31. The molecule has 0 saturated heterocycles. The van der Waals surface area contributed by atoms with Crippen LogP contribution in [0.2, 0.25) is 0 Å². The van der Waals surface area contributed by atoms with Crippen LogP contribution in [-0.2, 0) is 29.1 Å². The largest absolute Gasteiger partial charge is 0.481 e. The Labute approximate surface area is 116 Å². The lowest BCUT2D eigenvalue weighted by Crippen LogP contribution is -2.42. The van der Waals surface area contributed by atoms with Crippen LogP contribution in [0.25, 0.3) is 0 Å². The Bertz CT molecular complexity index is 458. The highest BCUT2D eigenvalue weighted by Gasteiger charge is 2.24. The van der Waals surface area contributed by atoms with Crippen LogP contribution in [0.1, 0.15) is 25.7 Å². The van der Waals surface area contributed by atoms with Crippen LogP contribution in [0, 0.1) is 0 Å². The number of esters is 1. The Balaban J connectivity index is 4.45. The first kappa shape index (κ1) is 18.3. The molecule has 0 heterocycles. The predicted molar refractivity (Wildman–Crippen MR) is 66.5 cm³/mol. The summed E-state index contributed by atoms with van der Waals surface area (Å²) in [5, 5.41) is 17.3. The molecule has 0 aliphatic rings. The molecule has 0 saturated carbocycles. The molecule has 20 heavy (non-hydrogen) atoms. The molecule has 0 unspecified atom stereocenters. The average Bonchev–Trinajstić information content (AvgIpc) is 2.34. The number of methoxy groups -OCH3 is 1. The summed E-state index contributed by atoms with van der Waals surface area (Å²) in [7, 11) is -2.86. The highest BCUT2D eigenvalue weighted by Crippen LogP contribution is 2.04. The average molecular weight is 311 g/mol. The van der Waals surface area contributed by atoms with Crippen LogP contribution >= 0.6 is 0 Å². The second kappa shape index (κ2) is 8.48. The fourth-order valence-electron chi connectivity index (χ4n) is 1.29. The van der Waals surface area contributed by atoms with Crippen LogP contribution in [-0.4, -0.2) is 55.4 Å². The van der Waals surface area contributed by atoms with Crippen LogP contribution in [0.4, 0.5) is 0 Å². The Morgan fingerprint density at radius 3 is 2.25 bits per heavy atom. The van der Waals surface area contributed by atoms with E-state index in [2.05, 4.69) is 4.74 Å². The lowest BCUT2D eigenvalue weighted by Gasteiger charge is -2.14. The molecule has 116 valence electrons. The topological polar surface area (TPSA) is 147 Å². The summed E-state index contributed by atoms with van der Waals surface area (Å²) in [5.74, 6) is -3.82. The van der Waals surface area contributed by atoms with Gasteiger partial charge in [-0.3, -0.25) is 14.4 Å². The fourth-order valence-corrected chi connectivity index (χ4v) is 2.49. The number of carboxylic acids is 2. The van der Waals surface area contributed by atoms with Crippen molar-refractivity contribution in [3.63, 3.8) is 0 Å². The molecule has 1 atom stereocenters. The number of hydrogen-bond donors (Lipinski definition) is 3. The summed E-state index contributed by atoms with van der Waals surface area (Å²) in [6.07, 6.45) is -0.786. The molecule has 0 bridgehead atoms. The molecule has 0 aromatic heterocycles. The number of rotatable bonds is 10. The van der Waals surface area contributed by atoms with Crippen LogP contribution in [0.3, 0.4) is 0 Å². The van der Waals surface area contributed by atoms with Gasteiger partial charge in [-0.2, -0.15) is 0 Å². The van der Waals surface area contributed by atoms with Gasteiger partial charge in [-0.25, -0.2) is 13.1 Å². The van der Waals surface area contributed by atoms with E-state index < -0.39 is 46.1 Å². The normalized spacial score (nSPS) is 12.7. The van der Waals surface area contributed by atoms with E-state index in [1.807, 2.05) is 4.72 Å². The Hall–Kier alpha value is -1.68. The van der Waals surface area contributed by atoms with Crippen molar-refractivity contribution >= 4 is 27.9 Å². The molecule has 0 aromatic carbocycles. The zero-order chi connectivity index (χ0) is 15.8. The summed E-state index contributed by atoms with van der Waals surface area (Å²) in [6, 6.07) is -1.42. The second-order valence-electron chi connectivity index (χ2n) is 3.94. The zero-order valence-electron chi connectivity index (χ0n) is 10.9. The molecule has 0 aliphatic carbocycles. The van der Waals surface area contributed by atoms with Crippen molar-refractivity contribution in [1.82, 2.24) is 4.72 Å². The number of carbonyl (C=O) groups excluding carboxylic acids is 1. The molecule has 0 spiro atoms. The minimum Gasteiger partial charge on any atom is -0.481 e. The fraction of sp³-hybridized carbons (Fsp3) is 0.700. The smallest absolute Gasteiger partial charge is 0.321 e. The van der Waals surface area contributed by atoms with E-state index in [4.69, 9.17) is 10.2 Å². The molecule has 9 nitrogen and oxygen atoms in total. The van der Waals surface area contributed by atoms with Gasteiger partial charge in [0.25, 0.3) is 0 Å². The maximum absolute atomic E-state index is 11.6. The Morgan fingerprint density at radius 1 is 1.20 bits per heavy atom. The molecule has 0 radical (unpaired) electrons. The van der Waals surface area contributed by atoms with E-state index in [0.717, 1.165) is 7.11 Å². The summed E-state index contributed by atoms with van der Waals surface area (Å²) in [4.78, 5) is 32.0. The third-order valence-corrected chi connectivity index (χ3v) is 3.69. The van der Waals surface area contributed by atoms with Gasteiger partial charge in [-0.05, 0) is 12.8 Å². The lowest BCUT2D eigenvalue weighted by atomic mass is 10.1. The predicted octanol–water partition coefficient (Wildman–Crippen LogP) is -0.823. The minimum atomic E-state index is -3.96. The van der Waals surface area contributed by atoms with Crippen LogP contribution < -0.4 is 4.72 Å². The van der Waals surface area contributed by atoms with Gasteiger partial charge in [0, 0.05) is 6.42 Å². The minimum absolute atomic E-state index is 0.0197. The summed E-state index contributed by atoms with van der Waals surface area (Å²) >= 11 is 0. The molecular formula is C10H17NO8S. The van der Waals surface area contributed by atoms with Crippen molar-refractivity contribution < 1.29 is 37.8 Å². The number of aliphatic carboxylic acids is 2. The summed E-state index contributed by atoms with van der Waals surface area (Å²) in [5.41, 5.74) is 0. The van der Waals surface area contributed by atoms with E-state index in [9.17, 15) is 22.8 Å². The van der Waals surface area contributed by atoms with Crippen molar-refractivity contribution in [2.45, 2.75) is 31.7 Å². The highest BCUT2D eigenvalue weighted by atomic mass is 32.2.